The van der Waals surface area contributed by atoms with Gasteiger partial charge in [-0.15, -0.1) is 0 Å². The van der Waals surface area contributed by atoms with Crippen molar-refractivity contribution in [3.8, 4) is 5.75 Å². The predicted octanol–water partition coefficient (Wildman–Crippen LogP) is 2.68. The van der Waals surface area contributed by atoms with Crippen LogP contribution in [0.25, 0.3) is 0 Å². The Morgan fingerprint density at radius 1 is 1.33 bits per heavy atom. The molecule has 1 aromatic heterocycles. The summed E-state index contributed by atoms with van der Waals surface area (Å²) in [6, 6.07) is 12.5. The van der Waals surface area contributed by atoms with Gasteiger partial charge in [0, 0.05) is 36.0 Å². The molecule has 3 nitrogen and oxygen atoms in total. The molecule has 0 fully saturated rings. The summed E-state index contributed by atoms with van der Waals surface area (Å²) in [5, 5.41) is 0. The highest BCUT2D eigenvalue weighted by molar-refractivity contribution is 5.39. The molecule has 2 unspecified atom stereocenters. The second kappa shape index (κ2) is 4.50. The van der Waals surface area contributed by atoms with Crippen molar-refractivity contribution in [1.82, 2.24) is 4.57 Å². The van der Waals surface area contributed by atoms with E-state index < -0.39 is 0 Å². The molecule has 3 heteroatoms. The normalized spacial score (nSPS) is 19.3. The van der Waals surface area contributed by atoms with Gasteiger partial charge in [0.05, 0.1) is 6.61 Å². The lowest BCUT2D eigenvalue weighted by Crippen LogP contribution is -2.16. The van der Waals surface area contributed by atoms with E-state index in [0.29, 0.717) is 5.92 Å². The number of ether oxygens (including phenoxy) is 1. The van der Waals surface area contributed by atoms with Gasteiger partial charge in [0.15, 0.2) is 0 Å². The van der Waals surface area contributed by atoms with Crippen LogP contribution in [0.2, 0.25) is 0 Å². The Labute approximate surface area is 107 Å². The molecule has 1 aromatic carbocycles. The summed E-state index contributed by atoms with van der Waals surface area (Å²) in [5.41, 5.74) is 8.46. The fraction of sp³-hybridized carbons (Fsp3) is 0.333. The fourth-order valence-corrected chi connectivity index (χ4v) is 2.62. The van der Waals surface area contributed by atoms with Crippen LogP contribution >= 0.6 is 0 Å². The molecule has 0 saturated heterocycles. The molecule has 3 rings (SSSR count). The first-order valence-corrected chi connectivity index (χ1v) is 6.38. The molecule has 94 valence electrons. The fourth-order valence-electron chi connectivity index (χ4n) is 2.62. The summed E-state index contributed by atoms with van der Waals surface area (Å²) >= 11 is 0. The first kappa shape index (κ1) is 11.4. The number of hydrogen-bond donors (Lipinski definition) is 1. The van der Waals surface area contributed by atoms with Gasteiger partial charge in [0.2, 0.25) is 0 Å². The van der Waals surface area contributed by atoms with Crippen molar-refractivity contribution >= 4 is 0 Å². The van der Waals surface area contributed by atoms with Gasteiger partial charge in [-0.05, 0) is 25.1 Å². The summed E-state index contributed by atoms with van der Waals surface area (Å²) in [5.74, 6) is 1.45. The van der Waals surface area contributed by atoms with E-state index in [2.05, 4.69) is 35.0 Å². The summed E-state index contributed by atoms with van der Waals surface area (Å²) in [6.07, 6.45) is 2.10. The number of aromatic nitrogens is 1. The van der Waals surface area contributed by atoms with Crippen molar-refractivity contribution in [3.63, 3.8) is 0 Å². The molecule has 2 N–H and O–H groups in total. The summed E-state index contributed by atoms with van der Waals surface area (Å²) in [6.45, 7) is 3.71. The van der Waals surface area contributed by atoms with Crippen molar-refractivity contribution in [2.45, 2.75) is 25.4 Å². The lowest BCUT2D eigenvalue weighted by Gasteiger charge is -2.15. The maximum atomic E-state index is 5.98. The lowest BCUT2D eigenvalue weighted by molar-refractivity contribution is 0.317. The van der Waals surface area contributed by atoms with Gasteiger partial charge >= 0.3 is 0 Å². The number of nitrogens with two attached hydrogens (primary N) is 1. The molecule has 18 heavy (non-hydrogen) atoms. The third-order valence-corrected chi connectivity index (χ3v) is 3.55. The van der Waals surface area contributed by atoms with Crippen LogP contribution in [0.15, 0.2) is 42.6 Å². The minimum Gasteiger partial charge on any atom is -0.493 e. The van der Waals surface area contributed by atoms with Crippen molar-refractivity contribution in [1.29, 1.82) is 0 Å². The molecule has 1 aliphatic heterocycles. The van der Waals surface area contributed by atoms with Gasteiger partial charge in [-0.3, -0.25) is 0 Å². The van der Waals surface area contributed by atoms with Crippen molar-refractivity contribution in [3.05, 3.63) is 53.9 Å². The predicted molar refractivity (Wildman–Crippen MR) is 71.7 cm³/mol. The molecule has 0 radical (unpaired) electrons. The Bertz CT molecular complexity index is 545. The van der Waals surface area contributed by atoms with Crippen molar-refractivity contribution < 1.29 is 4.74 Å². The Hall–Kier alpha value is -1.74. The van der Waals surface area contributed by atoms with E-state index in [0.717, 1.165) is 18.9 Å². The molecular weight excluding hydrogens is 224 g/mol. The van der Waals surface area contributed by atoms with Gasteiger partial charge in [0.25, 0.3) is 0 Å². The summed E-state index contributed by atoms with van der Waals surface area (Å²) < 4.78 is 7.95. The van der Waals surface area contributed by atoms with Crippen LogP contribution in [0.3, 0.4) is 0 Å². The molecule has 2 heterocycles. The highest BCUT2D eigenvalue weighted by Gasteiger charge is 2.24. The quantitative estimate of drug-likeness (QED) is 0.899. The molecule has 0 amide bonds. The minimum absolute atomic E-state index is 0.0672. The van der Waals surface area contributed by atoms with E-state index in [-0.39, 0.29) is 6.04 Å². The van der Waals surface area contributed by atoms with Gasteiger partial charge in [-0.1, -0.05) is 18.2 Å². The summed E-state index contributed by atoms with van der Waals surface area (Å²) in [7, 11) is 0. The van der Waals surface area contributed by atoms with Gasteiger partial charge in [-0.2, -0.15) is 0 Å². The Kier molecular flexibility index (Phi) is 2.84. The van der Waals surface area contributed by atoms with E-state index >= 15 is 0 Å². The largest absolute Gasteiger partial charge is 0.493 e. The molecule has 1 aliphatic rings. The maximum absolute atomic E-state index is 5.98. The Morgan fingerprint density at radius 2 is 2.17 bits per heavy atom. The standard InChI is InChI=1S/C15H18N2O/c1-11(16)14-6-4-8-17(14)9-12-10-18-15-7-3-2-5-13(12)15/h2-8,11-12H,9-10,16H2,1H3. The minimum atomic E-state index is 0.0672. The van der Waals surface area contributed by atoms with Crippen LogP contribution < -0.4 is 10.5 Å². The zero-order valence-corrected chi connectivity index (χ0v) is 10.5. The lowest BCUT2D eigenvalue weighted by atomic mass is 10.0. The average molecular weight is 242 g/mol. The molecule has 0 aliphatic carbocycles. The van der Waals surface area contributed by atoms with Crippen molar-refractivity contribution in [2.75, 3.05) is 6.61 Å². The zero-order chi connectivity index (χ0) is 12.5. The number of rotatable bonds is 3. The van der Waals surface area contributed by atoms with E-state index in [1.807, 2.05) is 19.1 Å². The van der Waals surface area contributed by atoms with Crippen LogP contribution in [0.4, 0.5) is 0 Å². The third kappa shape index (κ3) is 1.91. The monoisotopic (exact) mass is 242 g/mol. The second-order valence-corrected chi connectivity index (χ2v) is 4.92. The maximum Gasteiger partial charge on any atom is 0.122 e. The highest BCUT2D eigenvalue weighted by atomic mass is 16.5. The molecule has 2 atom stereocenters. The van der Waals surface area contributed by atoms with Crippen LogP contribution in [0.1, 0.15) is 30.1 Å². The number of hydrogen-bond acceptors (Lipinski definition) is 2. The van der Waals surface area contributed by atoms with E-state index in [9.17, 15) is 0 Å². The van der Waals surface area contributed by atoms with Crippen LogP contribution in [-0.2, 0) is 6.54 Å². The van der Waals surface area contributed by atoms with Crippen LogP contribution in [0, 0.1) is 0 Å². The number of fused-ring (bicyclic) bond motifs is 1. The van der Waals surface area contributed by atoms with E-state index in [1.54, 1.807) is 0 Å². The number of nitrogens with zero attached hydrogens (tertiary/aromatic N) is 1. The smallest absolute Gasteiger partial charge is 0.122 e. The summed E-state index contributed by atoms with van der Waals surface area (Å²) in [4.78, 5) is 0. The Balaban J connectivity index is 1.84. The SMILES string of the molecule is CC(N)c1cccn1CC1COc2ccccc21. The van der Waals surface area contributed by atoms with Crippen LogP contribution in [0.5, 0.6) is 5.75 Å². The first-order valence-electron chi connectivity index (χ1n) is 6.38. The van der Waals surface area contributed by atoms with Gasteiger partial charge < -0.3 is 15.0 Å². The second-order valence-electron chi connectivity index (χ2n) is 4.92. The first-order chi connectivity index (χ1) is 8.75. The van der Waals surface area contributed by atoms with E-state index in [1.165, 1.54) is 11.3 Å². The average Bonchev–Trinajstić information content (AvgIpc) is 2.97. The molecule has 0 spiro atoms. The van der Waals surface area contributed by atoms with Gasteiger partial charge in [-0.25, -0.2) is 0 Å². The topological polar surface area (TPSA) is 40.2 Å². The molecular formula is C15H18N2O. The van der Waals surface area contributed by atoms with Crippen molar-refractivity contribution in [2.24, 2.45) is 5.73 Å². The molecule has 2 aromatic rings. The van der Waals surface area contributed by atoms with Crippen LogP contribution in [-0.4, -0.2) is 11.2 Å². The third-order valence-electron chi connectivity index (χ3n) is 3.55. The highest BCUT2D eigenvalue weighted by Crippen LogP contribution is 2.34. The molecule has 0 bridgehead atoms. The van der Waals surface area contributed by atoms with E-state index in [4.69, 9.17) is 10.5 Å². The zero-order valence-electron chi connectivity index (χ0n) is 10.5. The molecule has 0 saturated carbocycles. The number of para-hydroxylation sites is 1. The Morgan fingerprint density at radius 3 is 3.00 bits per heavy atom. The number of benzene rings is 1. The van der Waals surface area contributed by atoms with Gasteiger partial charge in [0.1, 0.15) is 5.75 Å².